The Kier molecular flexibility index (Phi) is 5.91. The van der Waals surface area contributed by atoms with Crippen molar-refractivity contribution in [3.8, 4) is 6.07 Å². The van der Waals surface area contributed by atoms with Crippen LogP contribution in [0.3, 0.4) is 0 Å². The Balaban J connectivity index is 1.99. The lowest BCUT2D eigenvalue weighted by Crippen LogP contribution is -2.45. The summed E-state index contributed by atoms with van der Waals surface area (Å²) in [5, 5.41) is 12.0. The Labute approximate surface area is 152 Å². The van der Waals surface area contributed by atoms with E-state index in [2.05, 4.69) is 5.32 Å². The first-order chi connectivity index (χ1) is 11.7. The van der Waals surface area contributed by atoms with E-state index in [-0.39, 0.29) is 11.8 Å². The van der Waals surface area contributed by atoms with Gasteiger partial charge in [-0.05, 0) is 51.8 Å². The molecule has 1 saturated heterocycles. The summed E-state index contributed by atoms with van der Waals surface area (Å²) in [5.41, 5.74) is 0.322. The fourth-order valence-electron chi connectivity index (χ4n) is 2.61. The number of halogens is 1. The fraction of sp³-hybridized carbons (Fsp3) is 0.500. The molecule has 0 saturated carbocycles. The maximum Gasteiger partial charge on any atom is 0.410 e. The van der Waals surface area contributed by atoms with Crippen molar-refractivity contribution in [3.05, 3.63) is 28.8 Å². The second-order valence-electron chi connectivity index (χ2n) is 7.06. The van der Waals surface area contributed by atoms with Gasteiger partial charge in [0.1, 0.15) is 11.7 Å². The zero-order valence-corrected chi connectivity index (χ0v) is 15.4. The normalized spacial score (nSPS) is 17.6. The summed E-state index contributed by atoms with van der Waals surface area (Å²) in [4.78, 5) is 26.2. The highest BCUT2D eigenvalue weighted by atomic mass is 35.5. The van der Waals surface area contributed by atoms with E-state index in [1.807, 2.05) is 26.8 Å². The van der Waals surface area contributed by atoms with Gasteiger partial charge in [-0.25, -0.2) is 4.79 Å². The van der Waals surface area contributed by atoms with Crippen molar-refractivity contribution in [1.29, 1.82) is 5.26 Å². The van der Waals surface area contributed by atoms with Gasteiger partial charge in [-0.15, -0.1) is 0 Å². The van der Waals surface area contributed by atoms with Gasteiger partial charge in [-0.1, -0.05) is 11.6 Å². The number of ether oxygens (including phenoxy) is 1. The molecule has 0 aromatic heterocycles. The van der Waals surface area contributed by atoms with Gasteiger partial charge < -0.3 is 15.0 Å². The van der Waals surface area contributed by atoms with Crippen molar-refractivity contribution in [2.45, 2.75) is 39.2 Å². The minimum Gasteiger partial charge on any atom is -0.444 e. The van der Waals surface area contributed by atoms with E-state index in [0.29, 0.717) is 35.8 Å². The van der Waals surface area contributed by atoms with Gasteiger partial charge in [0.15, 0.2) is 0 Å². The number of nitrogens with one attached hydrogen (secondary N) is 1. The van der Waals surface area contributed by atoms with Crippen LogP contribution in [0.2, 0.25) is 5.02 Å². The molecule has 2 amide bonds. The van der Waals surface area contributed by atoms with Gasteiger partial charge in [0, 0.05) is 18.8 Å². The highest BCUT2D eigenvalue weighted by Crippen LogP contribution is 2.23. The fourth-order valence-corrected chi connectivity index (χ4v) is 2.83. The number of amides is 2. The first-order valence-corrected chi connectivity index (χ1v) is 8.56. The first-order valence-electron chi connectivity index (χ1n) is 8.18. The zero-order chi connectivity index (χ0) is 18.6. The van der Waals surface area contributed by atoms with E-state index in [0.717, 1.165) is 6.42 Å². The van der Waals surface area contributed by atoms with E-state index >= 15 is 0 Å². The molecule has 0 bridgehead atoms. The number of rotatable bonds is 2. The standard InChI is InChI=1S/C18H22ClN3O3/c1-18(2,3)25-17(24)22-8-4-5-13(11-22)16(23)21-14-7-6-12(10-20)15(19)9-14/h6-7,9,13H,4-5,8,11H2,1-3H3,(H,21,23)/t13-/m1/s1. The van der Waals surface area contributed by atoms with Crippen LogP contribution in [0.5, 0.6) is 0 Å². The number of anilines is 1. The largest absolute Gasteiger partial charge is 0.444 e. The second-order valence-corrected chi connectivity index (χ2v) is 7.47. The molecule has 1 aromatic carbocycles. The molecular formula is C18H22ClN3O3. The van der Waals surface area contributed by atoms with Crippen molar-refractivity contribution < 1.29 is 14.3 Å². The van der Waals surface area contributed by atoms with E-state index in [1.54, 1.807) is 23.1 Å². The van der Waals surface area contributed by atoms with E-state index in [4.69, 9.17) is 21.6 Å². The lowest BCUT2D eigenvalue weighted by Gasteiger charge is -2.33. The van der Waals surface area contributed by atoms with Crippen molar-refractivity contribution >= 4 is 29.3 Å². The molecule has 1 N–H and O–H groups in total. The van der Waals surface area contributed by atoms with Crippen LogP contribution in [0, 0.1) is 17.2 Å². The number of benzene rings is 1. The average molecular weight is 364 g/mol. The van der Waals surface area contributed by atoms with Crippen LogP contribution in [-0.2, 0) is 9.53 Å². The van der Waals surface area contributed by atoms with E-state index in [9.17, 15) is 9.59 Å². The number of nitrogens with zero attached hydrogens (tertiary/aromatic N) is 2. The topological polar surface area (TPSA) is 82.4 Å². The molecule has 6 nitrogen and oxygen atoms in total. The number of carbonyl (C=O) groups excluding carboxylic acids is 2. The zero-order valence-electron chi connectivity index (χ0n) is 14.6. The number of nitriles is 1. The summed E-state index contributed by atoms with van der Waals surface area (Å²) < 4.78 is 5.37. The molecule has 25 heavy (non-hydrogen) atoms. The van der Waals surface area contributed by atoms with Crippen molar-refractivity contribution in [2.24, 2.45) is 5.92 Å². The molecular weight excluding hydrogens is 342 g/mol. The third-order valence-corrected chi connectivity index (χ3v) is 4.11. The lowest BCUT2D eigenvalue weighted by atomic mass is 9.97. The molecule has 1 fully saturated rings. The summed E-state index contributed by atoms with van der Waals surface area (Å²) in [5.74, 6) is -0.482. The Morgan fingerprint density at radius 2 is 2.12 bits per heavy atom. The van der Waals surface area contributed by atoms with Gasteiger partial charge in [0.25, 0.3) is 0 Å². The molecule has 2 rings (SSSR count). The number of hydrogen-bond acceptors (Lipinski definition) is 4. The number of likely N-dealkylation sites (tertiary alicyclic amines) is 1. The van der Waals surface area contributed by atoms with Crippen LogP contribution in [0.25, 0.3) is 0 Å². The van der Waals surface area contributed by atoms with Crippen LogP contribution in [-0.4, -0.2) is 35.6 Å². The van der Waals surface area contributed by atoms with Gasteiger partial charge in [-0.3, -0.25) is 4.79 Å². The summed E-state index contributed by atoms with van der Waals surface area (Å²) in [6.07, 6.45) is 1.05. The van der Waals surface area contributed by atoms with Crippen LogP contribution in [0.4, 0.5) is 10.5 Å². The molecule has 1 aromatic rings. The SMILES string of the molecule is CC(C)(C)OC(=O)N1CCC[C@@H](C(=O)Nc2ccc(C#N)c(Cl)c2)C1. The smallest absolute Gasteiger partial charge is 0.410 e. The molecule has 0 spiro atoms. The van der Waals surface area contributed by atoms with Gasteiger partial charge in [0.05, 0.1) is 16.5 Å². The second kappa shape index (κ2) is 7.75. The lowest BCUT2D eigenvalue weighted by molar-refractivity contribution is -0.121. The predicted molar refractivity (Wildman–Crippen MR) is 95.3 cm³/mol. The van der Waals surface area contributed by atoms with Crippen molar-refractivity contribution in [2.75, 3.05) is 18.4 Å². The number of piperidine rings is 1. The van der Waals surface area contributed by atoms with Crippen molar-refractivity contribution in [1.82, 2.24) is 4.90 Å². The number of carbonyl (C=O) groups is 2. The maximum absolute atomic E-state index is 12.5. The molecule has 134 valence electrons. The molecule has 1 heterocycles. The summed E-state index contributed by atoms with van der Waals surface area (Å²) in [6.45, 7) is 6.35. The van der Waals surface area contributed by atoms with Crippen molar-refractivity contribution in [3.63, 3.8) is 0 Å². The minimum absolute atomic E-state index is 0.172. The summed E-state index contributed by atoms with van der Waals surface area (Å²) in [6, 6.07) is 6.72. The average Bonchev–Trinajstić information content (AvgIpc) is 2.53. The monoisotopic (exact) mass is 363 g/mol. The summed E-state index contributed by atoms with van der Waals surface area (Å²) >= 11 is 5.98. The van der Waals surface area contributed by atoms with Gasteiger partial charge in [0.2, 0.25) is 5.91 Å². The maximum atomic E-state index is 12.5. The Bertz CT molecular complexity index is 706. The highest BCUT2D eigenvalue weighted by Gasteiger charge is 2.31. The van der Waals surface area contributed by atoms with E-state index in [1.165, 1.54) is 0 Å². The minimum atomic E-state index is -0.564. The summed E-state index contributed by atoms with van der Waals surface area (Å²) in [7, 11) is 0. The van der Waals surface area contributed by atoms with Crippen LogP contribution in [0.1, 0.15) is 39.2 Å². The first kappa shape index (κ1) is 19.1. The highest BCUT2D eigenvalue weighted by molar-refractivity contribution is 6.32. The van der Waals surface area contributed by atoms with Crippen LogP contribution in [0.15, 0.2) is 18.2 Å². The predicted octanol–water partition coefficient (Wildman–Crippen LogP) is 3.80. The quantitative estimate of drug-likeness (QED) is 0.866. The van der Waals surface area contributed by atoms with Gasteiger partial charge in [-0.2, -0.15) is 5.26 Å². The molecule has 1 aliphatic heterocycles. The van der Waals surface area contributed by atoms with Crippen LogP contribution < -0.4 is 5.32 Å². The molecule has 7 heteroatoms. The Morgan fingerprint density at radius 1 is 1.40 bits per heavy atom. The van der Waals surface area contributed by atoms with Crippen LogP contribution >= 0.6 is 11.6 Å². The third kappa shape index (κ3) is 5.36. The molecule has 1 aliphatic rings. The molecule has 0 aliphatic carbocycles. The molecule has 0 unspecified atom stereocenters. The number of hydrogen-bond donors (Lipinski definition) is 1. The third-order valence-electron chi connectivity index (χ3n) is 3.80. The Hall–Kier alpha value is -2.26. The molecule has 0 radical (unpaired) electrons. The van der Waals surface area contributed by atoms with E-state index < -0.39 is 11.7 Å². The van der Waals surface area contributed by atoms with Gasteiger partial charge >= 0.3 is 6.09 Å². The Morgan fingerprint density at radius 3 is 2.72 bits per heavy atom. The molecule has 1 atom stereocenters.